The maximum absolute atomic E-state index is 10.6. The predicted octanol–water partition coefficient (Wildman–Crippen LogP) is 5.40. The summed E-state index contributed by atoms with van der Waals surface area (Å²) in [6, 6.07) is 17.1. The number of likely N-dealkylation sites (tertiary alicyclic amines) is 1. The number of H-pyrrole nitrogens is 1. The molecule has 5 rings (SSSR count). The third-order valence-electron chi connectivity index (χ3n) is 6.57. The second-order valence-corrected chi connectivity index (χ2v) is 9.92. The Balaban J connectivity index is 1.15. The summed E-state index contributed by atoms with van der Waals surface area (Å²) in [7, 11) is 1.72. The molecule has 0 amide bonds. The first-order valence-corrected chi connectivity index (χ1v) is 12.1. The van der Waals surface area contributed by atoms with Crippen molar-refractivity contribution in [1.29, 1.82) is 0 Å². The number of β-amino-alcohol motifs (C(OH)–C–C–N with tert-alkyl or cyclic N) is 1. The molecule has 1 aliphatic heterocycles. The fourth-order valence-corrected chi connectivity index (χ4v) is 5.99. The molecule has 2 N–H and O–H groups in total. The summed E-state index contributed by atoms with van der Waals surface area (Å²) in [5.74, 6) is 2.29. The smallest absolute Gasteiger partial charge is 0.120 e. The zero-order chi connectivity index (χ0) is 22.1. The lowest BCUT2D eigenvalue weighted by atomic mass is 9.90. The normalized spacial score (nSPS) is 20.6. The van der Waals surface area contributed by atoms with Crippen LogP contribution in [0.5, 0.6) is 11.5 Å². The number of fused-ring (bicyclic) bond motifs is 2. The van der Waals surface area contributed by atoms with Crippen LogP contribution in [0.4, 0.5) is 0 Å². The van der Waals surface area contributed by atoms with E-state index in [9.17, 15) is 5.11 Å². The molecule has 0 spiro atoms. The van der Waals surface area contributed by atoms with E-state index in [1.54, 1.807) is 7.11 Å². The standard InChI is InChI=1S/C26H30N2O3S/c1-17-11-20(25-13-19-3-4-22(30-2)14-26(19)32-25)8-10-28(17)15-21(29)16-31-23-5-6-24-18(12-23)7-9-27-24/h3-7,9,12-14,17,20-21,27,29H,8,10-11,15-16H2,1-2H3/t17-,20+,21-/m0/s1. The van der Waals surface area contributed by atoms with E-state index in [1.807, 2.05) is 47.9 Å². The number of aromatic amines is 1. The lowest BCUT2D eigenvalue weighted by Crippen LogP contribution is -2.45. The summed E-state index contributed by atoms with van der Waals surface area (Å²) in [5, 5.41) is 13.0. The maximum atomic E-state index is 10.6. The minimum Gasteiger partial charge on any atom is -0.497 e. The SMILES string of the molecule is COc1ccc2cc([C@@H]3CCN(C[C@H](O)COc4ccc5[nH]ccc5c4)[C@@H](C)C3)sc2c1. The lowest BCUT2D eigenvalue weighted by molar-refractivity contribution is 0.0404. The molecule has 5 nitrogen and oxygen atoms in total. The van der Waals surface area contributed by atoms with Gasteiger partial charge in [-0.3, -0.25) is 4.90 Å². The number of hydrogen-bond acceptors (Lipinski definition) is 5. The third kappa shape index (κ3) is 4.49. The summed E-state index contributed by atoms with van der Waals surface area (Å²) in [5.41, 5.74) is 1.09. The zero-order valence-corrected chi connectivity index (χ0v) is 19.4. The minimum absolute atomic E-state index is 0.306. The van der Waals surface area contributed by atoms with Gasteiger partial charge in [-0.15, -0.1) is 11.3 Å². The molecule has 32 heavy (non-hydrogen) atoms. The molecular weight excluding hydrogens is 420 g/mol. The van der Waals surface area contributed by atoms with Gasteiger partial charge in [0.05, 0.1) is 7.11 Å². The topological polar surface area (TPSA) is 57.7 Å². The molecule has 168 valence electrons. The van der Waals surface area contributed by atoms with E-state index in [2.05, 4.69) is 35.0 Å². The molecule has 1 fully saturated rings. The molecule has 2 aromatic carbocycles. The molecule has 3 atom stereocenters. The van der Waals surface area contributed by atoms with Gasteiger partial charge in [0.15, 0.2) is 0 Å². The molecule has 2 aromatic heterocycles. The Hall–Kier alpha value is -2.54. The molecule has 0 bridgehead atoms. The van der Waals surface area contributed by atoms with Crippen LogP contribution >= 0.6 is 11.3 Å². The van der Waals surface area contributed by atoms with Crippen molar-refractivity contribution in [3.63, 3.8) is 0 Å². The molecule has 6 heteroatoms. The van der Waals surface area contributed by atoms with Crippen LogP contribution in [0.15, 0.2) is 54.7 Å². The summed E-state index contributed by atoms with van der Waals surface area (Å²) < 4.78 is 12.5. The van der Waals surface area contributed by atoms with Gasteiger partial charge in [-0.25, -0.2) is 0 Å². The number of piperidine rings is 1. The van der Waals surface area contributed by atoms with Gasteiger partial charge in [-0.2, -0.15) is 0 Å². The number of nitrogens with one attached hydrogen (secondary N) is 1. The van der Waals surface area contributed by atoms with Crippen LogP contribution in [0.1, 0.15) is 30.6 Å². The minimum atomic E-state index is -0.507. The Morgan fingerprint density at radius 3 is 2.84 bits per heavy atom. The number of thiophene rings is 1. The van der Waals surface area contributed by atoms with Gasteiger partial charge in [0, 0.05) is 39.3 Å². The number of benzene rings is 2. The fourth-order valence-electron chi connectivity index (χ4n) is 4.75. The Bertz CT molecular complexity index is 1200. The van der Waals surface area contributed by atoms with E-state index in [0.29, 0.717) is 25.1 Å². The van der Waals surface area contributed by atoms with Crippen LogP contribution in [0.25, 0.3) is 21.0 Å². The number of rotatable bonds is 7. The quantitative estimate of drug-likeness (QED) is 0.396. The van der Waals surface area contributed by atoms with E-state index in [-0.39, 0.29) is 0 Å². The van der Waals surface area contributed by atoms with Gasteiger partial charge < -0.3 is 19.6 Å². The van der Waals surface area contributed by atoms with Gasteiger partial charge in [0.25, 0.3) is 0 Å². The van der Waals surface area contributed by atoms with Gasteiger partial charge in [-0.05, 0) is 86.1 Å². The van der Waals surface area contributed by atoms with Gasteiger partial charge in [0.2, 0.25) is 0 Å². The highest BCUT2D eigenvalue weighted by Gasteiger charge is 2.28. The van der Waals surface area contributed by atoms with Crippen LogP contribution < -0.4 is 9.47 Å². The third-order valence-corrected chi connectivity index (χ3v) is 7.84. The van der Waals surface area contributed by atoms with E-state index in [4.69, 9.17) is 9.47 Å². The van der Waals surface area contributed by atoms with Gasteiger partial charge in [-0.1, -0.05) is 0 Å². The zero-order valence-electron chi connectivity index (χ0n) is 18.6. The molecular formula is C26H30N2O3S. The molecule has 4 aromatic rings. The van der Waals surface area contributed by atoms with E-state index in [1.165, 1.54) is 15.0 Å². The van der Waals surface area contributed by atoms with Crippen LogP contribution in [-0.2, 0) is 0 Å². The number of methoxy groups -OCH3 is 1. The lowest BCUT2D eigenvalue weighted by Gasteiger charge is -2.38. The summed E-state index contributed by atoms with van der Waals surface area (Å²) >= 11 is 1.89. The first-order chi connectivity index (χ1) is 15.6. The van der Waals surface area contributed by atoms with Crippen molar-refractivity contribution in [2.45, 2.75) is 37.8 Å². The van der Waals surface area contributed by atoms with Crippen molar-refractivity contribution >= 4 is 32.3 Å². The summed E-state index contributed by atoms with van der Waals surface area (Å²) in [4.78, 5) is 7.04. The highest BCUT2D eigenvalue weighted by Crippen LogP contribution is 2.39. The molecule has 0 aliphatic carbocycles. The Morgan fingerprint density at radius 2 is 2.00 bits per heavy atom. The second-order valence-electron chi connectivity index (χ2n) is 8.81. The summed E-state index contributed by atoms with van der Waals surface area (Å²) in [6.07, 6.45) is 3.64. The number of aromatic nitrogens is 1. The van der Waals surface area contributed by atoms with Crippen molar-refractivity contribution in [1.82, 2.24) is 9.88 Å². The van der Waals surface area contributed by atoms with Crippen LogP contribution in [-0.4, -0.2) is 53.9 Å². The van der Waals surface area contributed by atoms with Crippen molar-refractivity contribution in [2.24, 2.45) is 0 Å². The summed E-state index contributed by atoms with van der Waals surface area (Å²) in [6.45, 7) is 4.22. The average molecular weight is 451 g/mol. The Kier molecular flexibility index (Phi) is 6.09. The monoisotopic (exact) mass is 450 g/mol. The van der Waals surface area contributed by atoms with Crippen molar-refractivity contribution in [3.8, 4) is 11.5 Å². The highest BCUT2D eigenvalue weighted by molar-refractivity contribution is 7.19. The molecule has 3 heterocycles. The molecule has 1 saturated heterocycles. The maximum Gasteiger partial charge on any atom is 0.120 e. The molecule has 0 saturated carbocycles. The van der Waals surface area contributed by atoms with Crippen molar-refractivity contribution in [3.05, 3.63) is 59.6 Å². The molecule has 1 aliphatic rings. The van der Waals surface area contributed by atoms with Crippen LogP contribution in [0.2, 0.25) is 0 Å². The average Bonchev–Trinajstić information content (AvgIpc) is 3.44. The number of nitrogens with zero attached hydrogens (tertiary/aromatic N) is 1. The first kappa shape index (κ1) is 21.3. The number of hydrogen-bond donors (Lipinski definition) is 2. The van der Waals surface area contributed by atoms with Gasteiger partial charge in [0.1, 0.15) is 24.2 Å². The predicted molar refractivity (Wildman–Crippen MR) is 131 cm³/mol. The molecule has 0 radical (unpaired) electrons. The first-order valence-electron chi connectivity index (χ1n) is 11.3. The molecule has 0 unspecified atom stereocenters. The largest absolute Gasteiger partial charge is 0.497 e. The second kappa shape index (κ2) is 9.14. The Morgan fingerprint density at radius 1 is 1.12 bits per heavy atom. The van der Waals surface area contributed by atoms with Crippen molar-refractivity contribution < 1.29 is 14.6 Å². The number of ether oxygens (including phenoxy) is 2. The Labute approximate surface area is 192 Å². The van der Waals surface area contributed by atoms with E-state index < -0.39 is 6.10 Å². The number of aliphatic hydroxyl groups excluding tert-OH is 1. The van der Waals surface area contributed by atoms with Crippen molar-refractivity contribution in [2.75, 3.05) is 26.8 Å². The van der Waals surface area contributed by atoms with E-state index >= 15 is 0 Å². The van der Waals surface area contributed by atoms with Crippen LogP contribution in [0, 0.1) is 0 Å². The van der Waals surface area contributed by atoms with E-state index in [0.717, 1.165) is 41.8 Å². The fraction of sp³-hybridized carbons (Fsp3) is 0.385. The number of aliphatic hydroxyl groups is 1. The van der Waals surface area contributed by atoms with Crippen LogP contribution in [0.3, 0.4) is 0 Å². The highest BCUT2D eigenvalue weighted by atomic mass is 32.1. The van der Waals surface area contributed by atoms with Gasteiger partial charge >= 0.3 is 0 Å².